The lowest BCUT2D eigenvalue weighted by molar-refractivity contribution is -0.117. The summed E-state index contributed by atoms with van der Waals surface area (Å²) in [5, 5.41) is 9.91. The molecule has 172 valence electrons. The number of pyridine rings is 1. The summed E-state index contributed by atoms with van der Waals surface area (Å²) >= 11 is 6.00. The van der Waals surface area contributed by atoms with Crippen LogP contribution in [0.25, 0.3) is 5.82 Å². The molecule has 0 radical (unpaired) electrons. The average molecular weight is 489 g/mol. The van der Waals surface area contributed by atoms with Gasteiger partial charge in [0.25, 0.3) is 5.91 Å². The fourth-order valence-corrected chi connectivity index (χ4v) is 4.13. The highest BCUT2D eigenvalue weighted by Gasteiger charge is 2.29. The van der Waals surface area contributed by atoms with Crippen LogP contribution >= 0.6 is 11.6 Å². The van der Waals surface area contributed by atoms with Crippen molar-refractivity contribution in [2.45, 2.75) is 30.7 Å². The molecule has 2 N–H and O–H groups in total. The van der Waals surface area contributed by atoms with Crippen molar-refractivity contribution < 1.29 is 18.0 Å². The van der Waals surface area contributed by atoms with Crippen molar-refractivity contribution in [3.05, 3.63) is 59.3 Å². The minimum atomic E-state index is -3.53. The first-order chi connectivity index (χ1) is 15.6. The molecule has 2 amide bonds. The van der Waals surface area contributed by atoms with Crippen molar-refractivity contribution in [3.8, 4) is 5.82 Å². The molecule has 0 spiro atoms. The first-order valence-corrected chi connectivity index (χ1v) is 12.4. The van der Waals surface area contributed by atoms with Crippen molar-refractivity contribution in [1.29, 1.82) is 0 Å². The zero-order chi connectivity index (χ0) is 23.8. The number of benzene rings is 1. The lowest BCUT2D eigenvalue weighted by Gasteiger charge is -2.15. The van der Waals surface area contributed by atoms with Gasteiger partial charge in [-0.1, -0.05) is 11.6 Å². The number of carbonyl (C=O) groups excluding carboxylic acids is 2. The smallest absolute Gasteiger partial charge is 0.251 e. The molecule has 12 heteroatoms. The predicted octanol–water partition coefficient (Wildman–Crippen LogP) is 2.56. The molecule has 0 bridgehead atoms. The van der Waals surface area contributed by atoms with Gasteiger partial charge in [-0.2, -0.15) is 9.78 Å². The minimum Gasteiger partial charge on any atom is -0.342 e. The summed E-state index contributed by atoms with van der Waals surface area (Å²) in [5.41, 5.74) is 0.691. The Bertz CT molecular complexity index is 1320. The molecule has 0 saturated heterocycles. The maximum atomic E-state index is 12.8. The third-order valence-corrected chi connectivity index (χ3v) is 6.36. The van der Waals surface area contributed by atoms with E-state index in [1.54, 1.807) is 19.1 Å². The molecular formula is C21H21ClN6O4S. The lowest BCUT2D eigenvalue weighted by Crippen LogP contribution is -2.29. The summed E-state index contributed by atoms with van der Waals surface area (Å²) in [6.45, 7) is 1.71. The van der Waals surface area contributed by atoms with E-state index in [1.807, 2.05) is 0 Å². The predicted molar refractivity (Wildman–Crippen MR) is 121 cm³/mol. The van der Waals surface area contributed by atoms with Crippen LogP contribution in [-0.2, 0) is 14.6 Å². The Balaban J connectivity index is 1.50. The molecule has 10 nitrogen and oxygen atoms in total. The highest BCUT2D eigenvalue weighted by molar-refractivity contribution is 7.90. The number of aromatic nitrogens is 4. The molecule has 1 aliphatic carbocycles. The molecule has 1 fully saturated rings. The molecule has 2 heterocycles. The SMILES string of the molecule is C[C@H](NC(=O)c1cc(Cl)cc(S(C)(=O)=O)c1)c1ncnn1-c1ccc(NC(=O)C2CC2)cn1. The van der Waals surface area contributed by atoms with Gasteiger partial charge in [0, 0.05) is 22.8 Å². The molecule has 2 aromatic heterocycles. The van der Waals surface area contributed by atoms with Gasteiger partial charge in [-0.15, -0.1) is 0 Å². The maximum absolute atomic E-state index is 12.8. The molecule has 1 aliphatic rings. The Hall–Kier alpha value is -3.31. The van der Waals surface area contributed by atoms with Crippen molar-refractivity contribution >= 4 is 38.9 Å². The van der Waals surface area contributed by atoms with Gasteiger partial charge in [-0.05, 0) is 50.1 Å². The van der Waals surface area contributed by atoms with E-state index in [-0.39, 0.29) is 27.3 Å². The van der Waals surface area contributed by atoms with Gasteiger partial charge < -0.3 is 10.6 Å². The van der Waals surface area contributed by atoms with Crippen molar-refractivity contribution in [2.24, 2.45) is 5.92 Å². The minimum absolute atomic E-state index is 0.0117. The van der Waals surface area contributed by atoms with Crippen LogP contribution in [-0.4, -0.2) is 46.2 Å². The van der Waals surface area contributed by atoms with E-state index in [2.05, 4.69) is 25.7 Å². The number of nitrogens with zero attached hydrogens (tertiary/aromatic N) is 4. The molecule has 1 aromatic carbocycles. The van der Waals surface area contributed by atoms with E-state index < -0.39 is 21.8 Å². The third kappa shape index (κ3) is 5.37. The van der Waals surface area contributed by atoms with E-state index >= 15 is 0 Å². The summed E-state index contributed by atoms with van der Waals surface area (Å²) in [7, 11) is -3.53. The van der Waals surface area contributed by atoms with Crippen molar-refractivity contribution in [2.75, 3.05) is 11.6 Å². The third-order valence-electron chi connectivity index (χ3n) is 5.05. The second-order valence-corrected chi connectivity index (χ2v) is 10.3. The van der Waals surface area contributed by atoms with Gasteiger partial charge in [0.15, 0.2) is 21.5 Å². The van der Waals surface area contributed by atoms with Crippen LogP contribution in [0.15, 0.2) is 47.8 Å². The maximum Gasteiger partial charge on any atom is 0.251 e. The van der Waals surface area contributed by atoms with Crippen LogP contribution in [0.2, 0.25) is 5.02 Å². The zero-order valence-electron chi connectivity index (χ0n) is 17.8. The highest BCUT2D eigenvalue weighted by Crippen LogP contribution is 2.30. The number of anilines is 1. The van der Waals surface area contributed by atoms with Crippen LogP contribution in [0.3, 0.4) is 0 Å². The number of carbonyl (C=O) groups is 2. The van der Waals surface area contributed by atoms with Gasteiger partial charge >= 0.3 is 0 Å². The van der Waals surface area contributed by atoms with Crippen LogP contribution in [0.5, 0.6) is 0 Å². The normalized spacial score (nSPS) is 14.5. The monoisotopic (exact) mass is 488 g/mol. The van der Waals surface area contributed by atoms with Crippen LogP contribution in [0.1, 0.15) is 42.0 Å². The summed E-state index contributed by atoms with van der Waals surface area (Å²) in [6, 6.07) is 6.76. The Labute approximate surface area is 195 Å². The summed E-state index contributed by atoms with van der Waals surface area (Å²) < 4.78 is 25.2. The molecule has 3 aromatic rings. The van der Waals surface area contributed by atoms with Gasteiger partial charge in [0.05, 0.1) is 22.8 Å². The molecule has 1 saturated carbocycles. The summed E-state index contributed by atoms with van der Waals surface area (Å²) in [4.78, 5) is 33.2. The van der Waals surface area contributed by atoms with Gasteiger partial charge in [0.1, 0.15) is 6.33 Å². The molecule has 0 aliphatic heterocycles. The number of hydrogen-bond acceptors (Lipinski definition) is 7. The van der Waals surface area contributed by atoms with Crippen LogP contribution < -0.4 is 10.6 Å². The van der Waals surface area contributed by atoms with Crippen molar-refractivity contribution in [1.82, 2.24) is 25.1 Å². The van der Waals surface area contributed by atoms with E-state index in [1.165, 1.54) is 35.4 Å². The molecule has 33 heavy (non-hydrogen) atoms. The Morgan fingerprint density at radius 3 is 2.58 bits per heavy atom. The Morgan fingerprint density at radius 1 is 1.18 bits per heavy atom. The van der Waals surface area contributed by atoms with Crippen LogP contribution in [0, 0.1) is 5.92 Å². The Morgan fingerprint density at radius 2 is 1.94 bits per heavy atom. The largest absolute Gasteiger partial charge is 0.342 e. The van der Waals surface area contributed by atoms with Gasteiger partial charge in [0.2, 0.25) is 5.91 Å². The number of rotatable bonds is 7. The second-order valence-electron chi connectivity index (χ2n) is 7.84. The van der Waals surface area contributed by atoms with Gasteiger partial charge in [-0.3, -0.25) is 9.59 Å². The summed E-state index contributed by atoms with van der Waals surface area (Å²) in [5.74, 6) is 0.424. The van der Waals surface area contributed by atoms with E-state index in [4.69, 9.17) is 11.6 Å². The number of amides is 2. The second kappa shape index (κ2) is 8.91. The fraction of sp³-hybridized carbons (Fsp3) is 0.286. The van der Waals surface area contributed by atoms with E-state index in [0.717, 1.165) is 19.1 Å². The Kier molecular flexibility index (Phi) is 6.17. The van der Waals surface area contributed by atoms with Gasteiger partial charge in [-0.25, -0.2) is 18.4 Å². The first kappa shape index (κ1) is 22.9. The fourth-order valence-electron chi connectivity index (χ4n) is 3.15. The lowest BCUT2D eigenvalue weighted by atomic mass is 10.2. The molecule has 0 unspecified atom stereocenters. The number of nitrogens with one attached hydrogen (secondary N) is 2. The van der Waals surface area contributed by atoms with E-state index in [0.29, 0.717) is 17.3 Å². The van der Waals surface area contributed by atoms with Crippen molar-refractivity contribution in [3.63, 3.8) is 0 Å². The molecule has 4 rings (SSSR count). The number of halogens is 1. The topological polar surface area (TPSA) is 136 Å². The summed E-state index contributed by atoms with van der Waals surface area (Å²) in [6.07, 6.45) is 5.73. The molecular weight excluding hydrogens is 468 g/mol. The number of sulfone groups is 1. The number of hydrogen-bond donors (Lipinski definition) is 2. The average Bonchev–Trinajstić information content (AvgIpc) is 3.50. The highest BCUT2D eigenvalue weighted by atomic mass is 35.5. The quantitative estimate of drug-likeness (QED) is 0.521. The standard InChI is InChI=1S/C21H21ClN6O4S/c1-12(26-21(30)14-7-15(22)9-17(8-14)33(2,31)32)19-24-11-25-28(19)18-6-5-16(10-23-18)27-20(29)13-3-4-13/h5-13H,3-4H2,1-2H3,(H,26,30)(H,27,29)/t12-/m0/s1. The first-order valence-electron chi connectivity index (χ1n) is 10.1. The van der Waals surface area contributed by atoms with Crippen LogP contribution in [0.4, 0.5) is 5.69 Å². The molecule has 1 atom stereocenters. The zero-order valence-corrected chi connectivity index (χ0v) is 19.4. The van der Waals surface area contributed by atoms with E-state index in [9.17, 15) is 18.0 Å².